The van der Waals surface area contributed by atoms with E-state index < -0.39 is 0 Å². The van der Waals surface area contributed by atoms with Crippen LogP contribution in [0.3, 0.4) is 0 Å². The molecule has 2 aromatic heterocycles. The van der Waals surface area contributed by atoms with Crippen molar-refractivity contribution in [2.45, 2.75) is 25.8 Å². The number of hydrogen-bond donors (Lipinski definition) is 3. The van der Waals surface area contributed by atoms with Gasteiger partial charge in [0.1, 0.15) is 5.82 Å². The van der Waals surface area contributed by atoms with Crippen LogP contribution in [0.25, 0.3) is 11.0 Å². The molecule has 1 aliphatic rings. The van der Waals surface area contributed by atoms with Crippen LogP contribution in [0.15, 0.2) is 6.20 Å². The molecule has 3 rings (SSSR count). The molecular weight excluding hydrogens is 244 g/mol. The summed E-state index contributed by atoms with van der Waals surface area (Å²) in [6, 6.07) is 0.316. The second-order valence-electron chi connectivity index (χ2n) is 4.95. The predicted octanol–water partition coefficient (Wildman–Crippen LogP) is 1.16. The number of anilines is 2. The highest BCUT2D eigenvalue weighted by atomic mass is 16.5. The lowest BCUT2D eigenvalue weighted by Gasteiger charge is -2.28. The van der Waals surface area contributed by atoms with Crippen LogP contribution in [0, 0.1) is 5.92 Å². The van der Waals surface area contributed by atoms with Crippen molar-refractivity contribution in [1.29, 1.82) is 0 Å². The Labute approximate surface area is 111 Å². The molecule has 1 saturated heterocycles. The molecule has 0 aliphatic carbocycles. The minimum atomic E-state index is 0.249. The lowest BCUT2D eigenvalue weighted by molar-refractivity contribution is 0.0622. The zero-order valence-electron chi connectivity index (χ0n) is 10.9. The summed E-state index contributed by atoms with van der Waals surface area (Å²) >= 11 is 0. The molecular formula is C12H18N6O. The highest BCUT2D eigenvalue weighted by Gasteiger charge is 2.21. The number of nitrogens with two attached hydrogens (primary N) is 1. The first kappa shape index (κ1) is 12.2. The van der Waals surface area contributed by atoms with E-state index in [1.165, 1.54) is 0 Å². The third kappa shape index (κ3) is 2.46. The largest absolute Gasteiger partial charge is 0.381 e. The molecule has 0 saturated carbocycles. The topological polar surface area (TPSA) is 102 Å². The van der Waals surface area contributed by atoms with E-state index >= 15 is 0 Å². The van der Waals surface area contributed by atoms with Crippen molar-refractivity contribution in [3.05, 3.63) is 6.20 Å². The maximum absolute atomic E-state index is 5.71. The van der Waals surface area contributed by atoms with Crippen molar-refractivity contribution in [2.75, 3.05) is 24.3 Å². The van der Waals surface area contributed by atoms with Crippen LogP contribution in [0.1, 0.15) is 19.8 Å². The third-order valence-corrected chi connectivity index (χ3v) is 3.66. The van der Waals surface area contributed by atoms with Gasteiger partial charge in [0.25, 0.3) is 0 Å². The summed E-state index contributed by atoms with van der Waals surface area (Å²) in [5, 5.41) is 11.1. The van der Waals surface area contributed by atoms with Gasteiger partial charge in [-0.05, 0) is 25.7 Å². The van der Waals surface area contributed by atoms with E-state index in [1.54, 1.807) is 6.20 Å². The molecule has 1 unspecified atom stereocenters. The Kier molecular flexibility index (Phi) is 3.20. The molecule has 0 amide bonds. The van der Waals surface area contributed by atoms with Gasteiger partial charge in [0.2, 0.25) is 5.95 Å². The van der Waals surface area contributed by atoms with Crippen LogP contribution in [0.4, 0.5) is 11.8 Å². The zero-order chi connectivity index (χ0) is 13.2. The van der Waals surface area contributed by atoms with Gasteiger partial charge in [0.15, 0.2) is 5.65 Å². The van der Waals surface area contributed by atoms with E-state index in [9.17, 15) is 0 Å². The van der Waals surface area contributed by atoms with Crippen LogP contribution in [0.5, 0.6) is 0 Å². The highest BCUT2D eigenvalue weighted by Crippen LogP contribution is 2.24. The van der Waals surface area contributed by atoms with Crippen LogP contribution in [0.2, 0.25) is 0 Å². The second-order valence-corrected chi connectivity index (χ2v) is 4.95. The molecule has 7 nitrogen and oxygen atoms in total. The molecule has 0 aromatic carbocycles. The van der Waals surface area contributed by atoms with Crippen LogP contribution >= 0.6 is 0 Å². The predicted molar refractivity (Wildman–Crippen MR) is 72.7 cm³/mol. The zero-order valence-corrected chi connectivity index (χ0v) is 10.9. The maximum Gasteiger partial charge on any atom is 0.224 e. The van der Waals surface area contributed by atoms with Crippen molar-refractivity contribution in [3.8, 4) is 0 Å². The van der Waals surface area contributed by atoms with Crippen molar-refractivity contribution in [3.63, 3.8) is 0 Å². The minimum Gasteiger partial charge on any atom is -0.381 e. The number of nitrogens with zero attached hydrogens (tertiary/aromatic N) is 3. The van der Waals surface area contributed by atoms with Gasteiger partial charge in [-0.15, -0.1) is 0 Å². The molecule has 19 heavy (non-hydrogen) atoms. The number of nitrogen functional groups attached to an aromatic ring is 1. The van der Waals surface area contributed by atoms with Crippen molar-refractivity contribution < 1.29 is 4.74 Å². The van der Waals surface area contributed by atoms with Crippen molar-refractivity contribution in [2.24, 2.45) is 5.92 Å². The van der Waals surface area contributed by atoms with E-state index in [0.717, 1.165) is 37.3 Å². The van der Waals surface area contributed by atoms with Gasteiger partial charge in [-0.1, -0.05) is 0 Å². The van der Waals surface area contributed by atoms with Crippen LogP contribution < -0.4 is 11.1 Å². The third-order valence-electron chi connectivity index (χ3n) is 3.66. The second kappa shape index (κ2) is 5.00. The van der Waals surface area contributed by atoms with E-state index in [2.05, 4.69) is 32.4 Å². The molecule has 1 atom stereocenters. The summed E-state index contributed by atoms with van der Waals surface area (Å²) in [7, 11) is 0. The fourth-order valence-electron chi connectivity index (χ4n) is 2.51. The summed E-state index contributed by atoms with van der Waals surface area (Å²) in [5.74, 6) is 1.58. The van der Waals surface area contributed by atoms with Gasteiger partial charge in [-0.2, -0.15) is 15.1 Å². The Bertz CT molecular complexity index is 562. The van der Waals surface area contributed by atoms with Gasteiger partial charge in [-0.25, -0.2) is 0 Å². The molecule has 1 fully saturated rings. The highest BCUT2D eigenvalue weighted by molar-refractivity contribution is 5.86. The lowest BCUT2D eigenvalue weighted by atomic mass is 9.93. The van der Waals surface area contributed by atoms with Gasteiger partial charge in [0, 0.05) is 19.3 Å². The first-order valence-electron chi connectivity index (χ1n) is 6.55. The molecule has 0 spiro atoms. The first-order valence-corrected chi connectivity index (χ1v) is 6.55. The molecule has 4 N–H and O–H groups in total. The number of aromatic nitrogens is 4. The van der Waals surface area contributed by atoms with E-state index in [1.807, 2.05) is 0 Å². The van der Waals surface area contributed by atoms with E-state index in [0.29, 0.717) is 17.6 Å². The maximum atomic E-state index is 5.71. The Balaban J connectivity index is 1.82. The monoisotopic (exact) mass is 262 g/mol. The summed E-state index contributed by atoms with van der Waals surface area (Å²) in [4.78, 5) is 8.38. The van der Waals surface area contributed by atoms with Crippen LogP contribution in [-0.4, -0.2) is 39.4 Å². The Hall–Kier alpha value is -1.89. The Morgan fingerprint density at radius 2 is 2.21 bits per heavy atom. The standard InChI is InChI=1S/C12H18N6O/c1-7(8-2-4-19-5-3-8)15-10-9-6-14-18-11(9)17-12(13)16-10/h6-8H,2-5H2,1H3,(H4,13,14,15,16,17,18). The summed E-state index contributed by atoms with van der Waals surface area (Å²) in [6.07, 6.45) is 3.86. The fraction of sp³-hybridized carbons (Fsp3) is 0.583. The molecule has 0 bridgehead atoms. The van der Waals surface area contributed by atoms with Gasteiger partial charge < -0.3 is 15.8 Å². The quantitative estimate of drug-likeness (QED) is 0.767. The molecule has 7 heteroatoms. The number of aromatic amines is 1. The minimum absolute atomic E-state index is 0.249. The smallest absolute Gasteiger partial charge is 0.224 e. The molecule has 102 valence electrons. The average Bonchev–Trinajstić information content (AvgIpc) is 2.88. The van der Waals surface area contributed by atoms with Crippen LogP contribution in [-0.2, 0) is 4.74 Å². The lowest BCUT2D eigenvalue weighted by Crippen LogP contribution is -2.31. The van der Waals surface area contributed by atoms with E-state index in [4.69, 9.17) is 10.5 Å². The van der Waals surface area contributed by atoms with Gasteiger partial charge in [-0.3, -0.25) is 5.10 Å². The number of hydrogen-bond acceptors (Lipinski definition) is 6. The average molecular weight is 262 g/mol. The number of H-pyrrole nitrogens is 1. The number of fused-ring (bicyclic) bond motifs is 1. The normalized spacial score (nSPS) is 18.6. The number of ether oxygens (including phenoxy) is 1. The molecule has 2 aromatic rings. The van der Waals surface area contributed by atoms with Crippen molar-refractivity contribution in [1.82, 2.24) is 20.2 Å². The molecule has 0 radical (unpaired) electrons. The summed E-state index contributed by atoms with van der Waals surface area (Å²) < 4.78 is 5.39. The van der Waals surface area contributed by atoms with Crippen molar-refractivity contribution >= 4 is 22.8 Å². The Morgan fingerprint density at radius 1 is 1.42 bits per heavy atom. The Morgan fingerprint density at radius 3 is 3.00 bits per heavy atom. The van der Waals surface area contributed by atoms with Gasteiger partial charge in [0.05, 0.1) is 11.6 Å². The fourth-order valence-corrected chi connectivity index (χ4v) is 2.51. The van der Waals surface area contributed by atoms with E-state index in [-0.39, 0.29) is 5.95 Å². The number of nitrogens with one attached hydrogen (secondary N) is 2. The summed E-state index contributed by atoms with van der Waals surface area (Å²) in [5.41, 5.74) is 6.37. The molecule has 3 heterocycles. The SMILES string of the molecule is CC(Nc1nc(N)nc2[nH]ncc12)C1CCOCC1. The molecule has 1 aliphatic heterocycles. The van der Waals surface area contributed by atoms with Gasteiger partial charge >= 0.3 is 0 Å². The summed E-state index contributed by atoms with van der Waals surface area (Å²) in [6.45, 7) is 3.84. The number of rotatable bonds is 3. The first-order chi connectivity index (χ1) is 9.24.